The molecule has 0 aromatic carbocycles. The second kappa shape index (κ2) is 2.21. The molecule has 66 valence electrons. The van der Waals surface area contributed by atoms with E-state index in [0.29, 0.717) is 0 Å². The molecule has 4 nitrogen and oxygen atoms in total. The lowest BCUT2D eigenvalue weighted by atomic mass is 9.82. The van der Waals surface area contributed by atoms with Gasteiger partial charge in [0.15, 0.2) is 0 Å². The van der Waals surface area contributed by atoms with Gasteiger partial charge in [0.1, 0.15) is 0 Å². The summed E-state index contributed by atoms with van der Waals surface area (Å²) >= 11 is 0. The van der Waals surface area contributed by atoms with E-state index in [1.54, 1.807) is 0 Å². The van der Waals surface area contributed by atoms with E-state index >= 15 is 0 Å². The summed E-state index contributed by atoms with van der Waals surface area (Å²) in [5.41, 5.74) is -0.353. The first-order valence-electron chi connectivity index (χ1n) is 4.25. The summed E-state index contributed by atoms with van der Waals surface area (Å²) in [6.07, 6.45) is 2.83. The Morgan fingerprint density at radius 2 is 2.25 bits per heavy atom. The number of nitrogens with one attached hydrogen (secondary N) is 2. The van der Waals surface area contributed by atoms with Gasteiger partial charge in [-0.15, -0.1) is 0 Å². The first kappa shape index (κ1) is 7.58. The molecule has 2 aliphatic rings. The van der Waals surface area contributed by atoms with E-state index in [2.05, 4.69) is 10.6 Å². The Morgan fingerprint density at radius 1 is 1.50 bits per heavy atom. The van der Waals surface area contributed by atoms with Crippen LogP contribution in [0.2, 0.25) is 0 Å². The smallest absolute Gasteiger partial charge is 0.321 e. The molecule has 2 unspecified atom stereocenters. The summed E-state index contributed by atoms with van der Waals surface area (Å²) in [4.78, 5) is 22.4. The van der Waals surface area contributed by atoms with Crippen molar-refractivity contribution in [1.82, 2.24) is 10.6 Å². The van der Waals surface area contributed by atoms with Crippen molar-refractivity contribution in [2.75, 3.05) is 0 Å². The molecule has 1 aliphatic heterocycles. The largest absolute Gasteiger partial charge is 0.334 e. The zero-order chi connectivity index (χ0) is 8.77. The molecule has 1 saturated carbocycles. The average molecular weight is 168 g/mol. The van der Waals surface area contributed by atoms with E-state index in [1.165, 1.54) is 0 Å². The third-order valence-corrected chi connectivity index (χ3v) is 3.01. The Balaban J connectivity index is 2.28. The Labute approximate surface area is 70.7 Å². The van der Waals surface area contributed by atoms with Crippen LogP contribution in [0.4, 0.5) is 4.79 Å². The van der Waals surface area contributed by atoms with Crippen LogP contribution >= 0.6 is 0 Å². The molecule has 3 amide bonds. The molecule has 0 spiro atoms. The molecule has 1 saturated heterocycles. The van der Waals surface area contributed by atoms with Crippen molar-refractivity contribution in [3.63, 3.8) is 0 Å². The fourth-order valence-corrected chi connectivity index (χ4v) is 2.11. The minimum absolute atomic E-state index is 0.0544. The van der Waals surface area contributed by atoms with Crippen LogP contribution in [-0.2, 0) is 4.79 Å². The molecule has 0 bridgehead atoms. The van der Waals surface area contributed by atoms with Gasteiger partial charge in [-0.2, -0.15) is 0 Å². The summed E-state index contributed by atoms with van der Waals surface area (Å²) in [7, 11) is 0. The van der Waals surface area contributed by atoms with Crippen LogP contribution < -0.4 is 10.6 Å². The minimum Gasteiger partial charge on any atom is -0.334 e. The van der Waals surface area contributed by atoms with Crippen LogP contribution in [0, 0.1) is 5.41 Å². The van der Waals surface area contributed by atoms with Crippen LogP contribution in [0.1, 0.15) is 26.2 Å². The highest BCUT2D eigenvalue weighted by molar-refractivity contribution is 6.00. The second-order valence-electron chi connectivity index (χ2n) is 3.79. The highest BCUT2D eigenvalue weighted by Gasteiger charge is 2.49. The number of carbonyl (C=O) groups excluding carboxylic acids is 2. The van der Waals surface area contributed by atoms with Crippen molar-refractivity contribution in [3.05, 3.63) is 0 Å². The van der Waals surface area contributed by atoms with Gasteiger partial charge < -0.3 is 5.32 Å². The van der Waals surface area contributed by atoms with E-state index in [9.17, 15) is 9.59 Å². The molecule has 2 N–H and O–H groups in total. The maximum Gasteiger partial charge on any atom is 0.321 e. The van der Waals surface area contributed by atoms with E-state index in [-0.39, 0.29) is 23.4 Å². The monoisotopic (exact) mass is 168 g/mol. The summed E-state index contributed by atoms with van der Waals surface area (Å²) < 4.78 is 0. The van der Waals surface area contributed by atoms with Crippen molar-refractivity contribution in [1.29, 1.82) is 0 Å². The van der Waals surface area contributed by atoms with Gasteiger partial charge in [-0.25, -0.2) is 4.79 Å². The van der Waals surface area contributed by atoms with Gasteiger partial charge in [0, 0.05) is 6.04 Å². The Morgan fingerprint density at radius 3 is 3.00 bits per heavy atom. The van der Waals surface area contributed by atoms with Crippen molar-refractivity contribution in [3.8, 4) is 0 Å². The fourth-order valence-electron chi connectivity index (χ4n) is 2.11. The zero-order valence-electron chi connectivity index (χ0n) is 7.02. The van der Waals surface area contributed by atoms with Crippen LogP contribution in [0.15, 0.2) is 0 Å². The van der Waals surface area contributed by atoms with E-state index in [1.807, 2.05) is 6.92 Å². The number of imide groups is 1. The SMILES string of the molecule is CC12CCCC1NC(=O)NC2=O. The standard InChI is InChI=1S/C8H12N2O2/c1-8-4-2-3-5(8)9-7(12)10-6(8)11/h5H,2-4H2,1H3,(H2,9,10,11,12). The number of amides is 3. The predicted molar refractivity (Wildman–Crippen MR) is 42.4 cm³/mol. The van der Waals surface area contributed by atoms with Crippen molar-refractivity contribution in [2.45, 2.75) is 32.2 Å². The lowest BCUT2D eigenvalue weighted by Gasteiger charge is -2.34. The first-order valence-corrected chi connectivity index (χ1v) is 4.25. The number of rotatable bonds is 0. The molecule has 12 heavy (non-hydrogen) atoms. The maximum atomic E-state index is 11.4. The second-order valence-corrected chi connectivity index (χ2v) is 3.79. The third-order valence-electron chi connectivity index (χ3n) is 3.01. The van der Waals surface area contributed by atoms with E-state index in [0.717, 1.165) is 19.3 Å². The number of hydrogen-bond donors (Lipinski definition) is 2. The van der Waals surface area contributed by atoms with Crippen molar-refractivity contribution in [2.24, 2.45) is 5.41 Å². The van der Waals surface area contributed by atoms with Crippen LogP contribution in [0.3, 0.4) is 0 Å². The topological polar surface area (TPSA) is 58.2 Å². The molecular formula is C8H12N2O2. The zero-order valence-corrected chi connectivity index (χ0v) is 7.02. The van der Waals surface area contributed by atoms with Gasteiger partial charge >= 0.3 is 6.03 Å². The average Bonchev–Trinajstić information content (AvgIpc) is 2.33. The maximum absolute atomic E-state index is 11.4. The number of hydrogen-bond acceptors (Lipinski definition) is 2. The molecule has 2 fully saturated rings. The normalized spacial score (nSPS) is 40.2. The number of urea groups is 1. The van der Waals surface area contributed by atoms with Gasteiger partial charge in [0.05, 0.1) is 5.41 Å². The van der Waals surface area contributed by atoms with Gasteiger partial charge in [0.2, 0.25) is 5.91 Å². The highest BCUT2D eigenvalue weighted by Crippen LogP contribution is 2.39. The Bertz CT molecular complexity index is 251. The van der Waals surface area contributed by atoms with Crippen LogP contribution in [0.5, 0.6) is 0 Å². The van der Waals surface area contributed by atoms with Gasteiger partial charge in [-0.05, 0) is 19.8 Å². The molecule has 4 heteroatoms. The first-order chi connectivity index (χ1) is 5.63. The van der Waals surface area contributed by atoms with Crippen LogP contribution in [-0.4, -0.2) is 18.0 Å². The lowest BCUT2D eigenvalue weighted by Crippen LogP contribution is -2.61. The van der Waals surface area contributed by atoms with E-state index in [4.69, 9.17) is 0 Å². The molecule has 1 aliphatic carbocycles. The Hall–Kier alpha value is -1.06. The van der Waals surface area contributed by atoms with Crippen LogP contribution in [0.25, 0.3) is 0 Å². The minimum atomic E-state index is -0.353. The van der Waals surface area contributed by atoms with E-state index < -0.39 is 0 Å². The summed E-state index contributed by atoms with van der Waals surface area (Å²) in [6, 6.07) is -0.289. The Kier molecular flexibility index (Phi) is 1.40. The fraction of sp³-hybridized carbons (Fsp3) is 0.750. The molecule has 0 radical (unpaired) electrons. The summed E-state index contributed by atoms with van der Waals surface area (Å²) in [5.74, 6) is -0.117. The summed E-state index contributed by atoms with van der Waals surface area (Å²) in [5, 5.41) is 5.08. The molecule has 0 aromatic heterocycles. The van der Waals surface area contributed by atoms with Crippen molar-refractivity contribution >= 4 is 11.9 Å². The third kappa shape index (κ3) is 0.838. The molecule has 0 aromatic rings. The van der Waals surface area contributed by atoms with Gasteiger partial charge in [-0.3, -0.25) is 10.1 Å². The highest BCUT2D eigenvalue weighted by atomic mass is 16.2. The number of carbonyl (C=O) groups is 2. The molecule has 2 atom stereocenters. The van der Waals surface area contributed by atoms with Crippen molar-refractivity contribution < 1.29 is 9.59 Å². The van der Waals surface area contributed by atoms with Gasteiger partial charge in [0.25, 0.3) is 0 Å². The van der Waals surface area contributed by atoms with Gasteiger partial charge in [-0.1, -0.05) is 6.42 Å². The quantitative estimate of drug-likeness (QED) is 0.549. The molecule has 1 heterocycles. The molecule has 2 rings (SSSR count). The summed E-state index contributed by atoms with van der Waals surface area (Å²) in [6.45, 7) is 1.92. The lowest BCUT2D eigenvalue weighted by molar-refractivity contribution is -0.130. The predicted octanol–water partition coefficient (Wildman–Crippen LogP) is 0.385. The molecular weight excluding hydrogens is 156 g/mol. The number of fused-ring (bicyclic) bond motifs is 1.